The second-order valence-electron chi connectivity index (χ2n) is 12.8. The smallest absolute Gasteiger partial charge is 0.328 e. The number of ether oxygens (including phenoxy) is 2. The van der Waals surface area contributed by atoms with Gasteiger partial charge in [0.2, 0.25) is 17.7 Å². The molecule has 1 aliphatic rings. The Kier molecular flexibility index (Phi) is 16.2. The first-order valence-corrected chi connectivity index (χ1v) is 17.5. The van der Waals surface area contributed by atoms with Gasteiger partial charge in [-0.2, -0.15) is 0 Å². The average Bonchev–Trinajstić information content (AvgIpc) is 3.55. The maximum Gasteiger partial charge on any atom is 0.328 e. The Hall–Kier alpha value is -3.10. The molecule has 1 aliphatic heterocycles. The van der Waals surface area contributed by atoms with Crippen LogP contribution in [0.4, 0.5) is 0 Å². The van der Waals surface area contributed by atoms with Crippen LogP contribution in [0, 0.1) is 11.8 Å². The number of likely N-dealkylation sites (tertiary alicyclic amines) is 1. The molecule has 266 valence electrons. The fourth-order valence-electron chi connectivity index (χ4n) is 5.76. The van der Waals surface area contributed by atoms with Crippen molar-refractivity contribution in [2.75, 3.05) is 34.9 Å². The van der Waals surface area contributed by atoms with E-state index in [1.165, 1.54) is 25.4 Å². The highest BCUT2D eigenvalue weighted by Crippen LogP contribution is 2.30. The lowest BCUT2D eigenvalue weighted by atomic mass is 9.92. The Morgan fingerprint density at radius 2 is 1.72 bits per heavy atom. The minimum absolute atomic E-state index is 0.0541. The molecular weight excluding hydrogens is 624 g/mol. The Morgan fingerprint density at radius 3 is 2.28 bits per heavy atom. The van der Waals surface area contributed by atoms with Gasteiger partial charge < -0.3 is 30.3 Å². The van der Waals surface area contributed by atoms with Crippen molar-refractivity contribution >= 4 is 40.9 Å². The van der Waals surface area contributed by atoms with Crippen molar-refractivity contribution in [3.63, 3.8) is 0 Å². The third-order valence-corrected chi connectivity index (χ3v) is 10.1. The van der Waals surface area contributed by atoms with E-state index in [1.807, 2.05) is 34.7 Å². The predicted octanol–water partition coefficient (Wildman–Crippen LogP) is 2.91. The zero-order chi connectivity index (χ0) is 35.4. The summed E-state index contributed by atoms with van der Waals surface area (Å²) >= 11 is 1.26. The van der Waals surface area contributed by atoms with Crippen LogP contribution in [0.3, 0.4) is 0 Å². The molecule has 1 aromatic rings. The van der Waals surface area contributed by atoms with E-state index < -0.39 is 42.0 Å². The van der Waals surface area contributed by atoms with Crippen LogP contribution in [0.15, 0.2) is 5.38 Å². The van der Waals surface area contributed by atoms with E-state index in [-0.39, 0.29) is 41.4 Å². The molecule has 7 atom stereocenters. The van der Waals surface area contributed by atoms with Gasteiger partial charge in [-0.1, -0.05) is 47.5 Å². The Morgan fingerprint density at radius 1 is 1.04 bits per heavy atom. The molecule has 0 spiro atoms. The molecule has 3 N–H and O–H groups in total. The van der Waals surface area contributed by atoms with E-state index in [1.54, 1.807) is 31.4 Å². The molecule has 4 amide bonds. The highest BCUT2D eigenvalue weighted by Gasteiger charge is 2.37. The van der Waals surface area contributed by atoms with Crippen LogP contribution in [0.2, 0.25) is 0 Å². The van der Waals surface area contributed by atoms with Gasteiger partial charge in [0.25, 0.3) is 5.91 Å². The van der Waals surface area contributed by atoms with E-state index in [2.05, 4.69) is 25.8 Å². The summed E-state index contributed by atoms with van der Waals surface area (Å²) < 4.78 is 10.5. The maximum atomic E-state index is 14.0. The Bertz CT molecular complexity index is 1210. The highest BCUT2D eigenvalue weighted by molar-refractivity contribution is 7.09. The molecule has 0 saturated carbocycles. The molecule has 1 saturated heterocycles. The lowest BCUT2D eigenvalue weighted by Crippen LogP contribution is -2.58. The number of piperidine rings is 1. The van der Waals surface area contributed by atoms with E-state index in [0.717, 1.165) is 32.2 Å². The second kappa shape index (κ2) is 19.0. The standard InChI is InChI=1S/C33H56N6O7S/c1-11-20(5)27(37-30(42)24-15-13-14-16-38(24)7)32(43)39(8)25(19(3)4)17-26(45-9)31-36-23(18-47-31)29(41)34-21(6)28(40)35-22(12-2)33(44)46-10/h18-22,24-27H,11-17H2,1-10H3,(H,34,41)(H,35,40)(H,37,42)/t20-,21-,22-,24+,25?,26+,27-/m0/s1. The highest BCUT2D eigenvalue weighted by atomic mass is 32.1. The summed E-state index contributed by atoms with van der Waals surface area (Å²) in [4.78, 5) is 73.0. The van der Waals surface area contributed by atoms with Crippen LogP contribution in [0.25, 0.3) is 0 Å². The summed E-state index contributed by atoms with van der Waals surface area (Å²) in [7, 11) is 6.53. The molecule has 13 nitrogen and oxygen atoms in total. The van der Waals surface area contributed by atoms with E-state index >= 15 is 0 Å². The summed E-state index contributed by atoms with van der Waals surface area (Å²) in [6, 6.07) is -2.89. The quantitative estimate of drug-likeness (QED) is 0.210. The van der Waals surface area contributed by atoms with Gasteiger partial charge in [-0.15, -0.1) is 11.3 Å². The van der Waals surface area contributed by atoms with Crippen molar-refractivity contribution in [2.45, 2.75) is 116 Å². The van der Waals surface area contributed by atoms with Crippen molar-refractivity contribution in [1.29, 1.82) is 0 Å². The normalized spacial score (nSPS) is 19.1. The first-order valence-electron chi connectivity index (χ1n) is 16.6. The fourth-order valence-corrected chi connectivity index (χ4v) is 6.65. The van der Waals surface area contributed by atoms with Gasteiger partial charge in [0.05, 0.1) is 13.2 Å². The SMILES string of the molecule is CC[C@H](NC(=O)[C@H](C)NC(=O)c1csc([C@@H](CC(C(C)C)N(C)C(=O)[C@@H](NC(=O)[C@H]2CCCCN2C)[C@@H](C)CC)OC)n1)C(=O)OC. The van der Waals surface area contributed by atoms with Crippen LogP contribution in [-0.4, -0.2) is 109 Å². The molecule has 1 fully saturated rings. The van der Waals surface area contributed by atoms with Gasteiger partial charge in [-0.25, -0.2) is 9.78 Å². The molecule has 1 aromatic heterocycles. The van der Waals surface area contributed by atoms with Crippen molar-refractivity contribution in [3.05, 3.63) is 16.1 Å². The predicted molar refractivity (Wildman–Crippen MR) is 181 cm³/mol. The minimum Gasteiger partial charge on any atom is -0.467 e. The molecule has 0 aliphatic carbocycles. The van der Waals surface area contributed by atoms with E-state index in [4.69, 9.17) is 9.47 Å². The fraction of sp³-hybridized carbons (Fsp3) is 0.758. The summed E-state index contributed by atoms with van der Waals surface area (Å²) in [6.07, 6.45) is 3.81. The van der Waals surface area contributed by atoms with Crippen LogP contribution in [0.5, 0.6) is 0 Å². The van der Waals surface area contributed by atoms with Crippen molar-refractivity contribution in [2.24, 2.45) is 11.8 Å². The first-order chi connectivity index (χ1) is 22.2. The lowest BCUT2D eigenvalue weighted by Gasteiger charge is -2.38. The summed E-state index contributed by atoms with van der Waals surface area (Å²) in [5.74, 6) is -1.89. The number of methoxy groups -OCH3 is 2. The number of carbonyl (C=O) groups is 5. The number of carbonyl (C=O) groups excluding carboxylic acids is 5. The van der Waals surface area contributed by atoms with E-state index in [9.17, 15) is 24.0 Å². The van der Waals surface area contributed by atoms with Crippen molar-refractivity contribution in [3.8, 4) is 0 Å². The molecule has 0 aromatic carbocycles. The largest absolute Gasteiger partial charge is 0.467 e. The number of hydrogen-bond donors (Lipinski definition) is 3. The number of nitrogens with one attached hydrogen (secondary N) is 3. The number of thiazole rings is 1. The van der Waals surface area contributed by atoms with Gasteiger partial charge >= 0.3 is 5.97 Å². The summed E-state index contributed by atoms with van der Waals surface area (Å²) in [5.41, 5.74) is 0.129. The van der Waals surface area contributed by atoms with Gasteiger partial charge in [-0.3, -0.25) is 24.1 Å². The van der Waals surface area contributed by atoms with Crippen LogP contribution < -0.4 is 16.0 Å². The molecular formula is C33H56N6O7S. The van der Waals surface area contributed by atoms with Crippen LogP contribution in [0.1, 0.15) is 102 Å². The number of hydrogen-bond acceptors (Lipinski definition) is 10. The van der Waals surface area contributed by atoms with Gasteiger partial charge in [-0.05, 0) is 51.6 Å². The Balaban J connectivity index is 2.15. The molecule has 47 heavy (non-hydrogen) atoms. The van der Waals surface area contributed by atoms with Gasteiger partial charge in [0.15, 0.2) is 0 Å². The molecule has 2 heterocycles. The third kappa shape index (κ3) is 11.0. The molecule has 14 heteroatoms. The van der Waals surface area contributed by atoms with E-state index in [0.29, 0.717) is 17.8 Å². The number of amides is 4. The summed E-state index contributed by atoms with van der Waals surface area (Å²) in [6.45, 7) is 12.2. The van der Waals surface area contributed by atoms with Gasteiger partial charge in [0.1, 0.15) is 34.9 Å². The van der Waals surface area contributed by atoms with Gasteiger partial charge in [0, 0.05) is 32.0 Å². The molecule has 0 radical (unpaired) electrons. The number of nitrogens with zero attached hydrogens (tertiary/aromatic N) is 3. The zero-order valence-corrected chi connectivity index (χ0v) is 30.6. The second-order valence-corrected chi connectivity index (χ2v) is 13.7. The average molecular weight is 681 g/mol. The minimum atomic E-state index is -0.924. The number of likely N-dealkylation sites (N-methyl/N-ethyl adjacent to an activating group) is 2. The Labute approximate surface area is 283 Å². The number of rotatable bonds is 17. The van der Waals surface area contributed by atoms with Crippen molar-refractivity contribution < 1.29 is 33.4 Å². The van der Waals surface area contributed by atoms with Crippen LogP contribution in [-0.2, 0) is 28.7 Å². The number of esters is 1. The van der Waals surface area contributed by atoms with Crippen molar-refractivity contribution in [1.82, 2.24) is 30.7 Å². The number of aromatic nitrogens is 1. The molecule has 0 bridgehead atoms. The van der Waals surface area contributed by atoms with Crippen LogP contribution >= 0.6 is 11.3 Å². The molecule has 1 unspecified atom stereocenters. The molecule has 2 rings (SSSR count). The zero-order valence-electron chi connectivity index (χ0n) is 29.8. The summed E-state index contributed by atoms with van der Waals surface area (Å²) in [5, 5.41) is 10.5. The maximum absolute atomic E-state index is 14.0. The first kappa shape index (κ1) is 40.1. The monoisotopic (exact) mass is 680 g/mol. The topological polar surface area (TPSA) is 159 Å². The third-order valence-electron chi connectivity index (χ3n) is 9.19. The lowest BCUT2D eigenvalue weighted by molar-refractivity contribution is -0.145.